The number of pyridine rings is 1. The van der Waals surface area contributed by atoms with Crippen molar-refractivity contribution in [3.05, 3.63) is 90.1 Å². The van der Waals surface area contributed by atoms with Crippen LogP contribution in [0.2, 0.25) is 0 Å². The number of nitrogens with zero attached hydrogens (tertiary/aromatic N) is 2. The van der Waals surface area contributed by atoms with Gasteiger partial charge in [0.1, 0.15) is 12.1 Å². The molecule has 0 spiro atoms. The second-order valence-corrected chi connectivity index (χ2v) is 15.0. The molecule has 0 saturated carbocycles. The van der Waals surface area contributed by atoms with Crippen molar-refractivity contribution in [1.29, 1.82) is 0 Å². The van der Waals surface area contributed by atoms with E-state index in [0.29, 0.717) is 6.42 Å². The lowest BCUT2D eigenvalue weighted by Crippen LogP contribution is -2.59. The highest BCUT2D eigenvalue weighted by Gasteiger charge is 2.40. The number of aromatic nitrogens is 1. The number of rotatable bonds is 14. The Morgan fingerprint density at radius 2 is 1.39 bits per heavy atom. The van der Waals surface area contributed by atoms with Crippen molar-refractivity contribution in [1.82, 2.24) is 25.8 Å². The molecule has 3 aromatic rings. The number of ether oxygens (including phenoxy) is 1. The average Bonchev–Trinajstić information content (AvgIpc) is 3.06. The number of benzene rings is 2. The van der Waals surface area contributed by atoms with Gasteiger partial charge in [0.2, 0.25) is 11.8 Å². The van der Waals surface area contributed by atoms with Crippen molar-refractivity contribution in [2.45, 2.75) is 91.1 Å². The number of nitrogens with one attached hydrogen (secondary N) is 3. The summed E-state index contributed by atoms with van der Waals surface area (Å²) in [5.41, 5.74) is 1.98. The number of hydrogen-bond donors (Lipinski definition) is 5. The van der Waals surface area contributed by atoms with Crippen molar-refractivity contribution in [3.8, 4) is 11.3 Å². The largest absolute Gasteiger partial charge is 0.465 e. The van der Waals surface area contributed by atoms with E-state index in [1.807, 2.05) is 93.6 Å². The smallest absolute Gasteiger partial charge is 0.407 e. The quantitative estimate of drug-likeness (QED) is 0.155. The van der Waals surface area contributed by atoms with Gasteiger partial charge in [-0.05, 0) is 53.4 Å². The van der Waals surface area contributed by atoms with E-state index in [4.69, 9.17) is 4.74 Å². The monoisotopic (exact) mass is 703 g/mol. The number of methoxy groups -OCH3 is 1. The van der Waals surface area contributed by atoms with Crippen LogP contribution in [0.1, 0.15) is 59.1 Å². The van der Waals surface area contributed by atoms with E-state index in [1.54, 1.807) is 27.0 Å². The average molecular weight is 704 g/mol. The van der Waals surface area contributed by atoms with Gasteiger partial charge in [0.05, 0.1) is 24.9 Å². The number of carboxylic acid groups (broad SMARTS) is 1. The fourth-order valence-electron chi connectivity index (χ4n) is 6.09. The highest BCUT2D eigenvalue weighted by Crippen LogP contribution is 2.26. The molecular formula is C39H53N5O7. The summed E-state index contributed by atoms with van der Waals surface area (Å²) in [5.74, 6) is -1.01. The number of carbonyl (C=O) groups is 4. The van der Waals surface area contributed by atoms with Crippen molar-refractivity contribution >= 4 is 24.0 Å². The van der Waals surface area contributed by atoms with Gasteiger partial charge < -0.3 is 30.9 Å². The fourth-order valence-corrected chi connectivity index (χ4v) is 6.09. The molecule has 0 aliphatic carbocycles. The molecule has 3 rings (SSSR count). The molecule has 5 N–H and O–H groups in total. The topological polar surface area (TPSA) is 170 Å². The first-order valence-electron chi connectivity index (χ1n) is 17.0. The van der Waals surface area contributed by atoms with Gasteiger partial charge >= 0.3 is 12.2 Å². The van der Waals surface area contributed by atoms with E-state index < -0.39 is 65.1 Å². The molecule has 0 aliphatic heterocycles. The molecule has 0 aliphatic rings. The zero-order valence-corrected chi connectivity index (χ0v) is 30.8. The predicted molar refractivity (Wildman–Crippen MR) is 196 cm³/mol. The Morgan fingerprint density at radius 1 is 0.784 bits per heavy atom. The van der Waals surface area contributed by atoms with Gasteiger partial charge in [0.25, 0.3) is 0 Å². The van der Waals surface area contributed by atoms with Gasteiger partial charge in [-0.25, -0.2) is 9.59 Å². The highest BCUT2D eigenvalue weighted by molar-refractivity contribution is 5.87. The van der Waals surface area contributed by atoms with Gasteiger partial charge in [0.15, 0.2) is 0 Å². The Labute approximate surface area is 301 Å². The minimum atomic E-state index is -1.26. The lowest BCUT2D eigenvalue weighted by Gasteiger charge is -2.37. The number of carbonyl (C=O) groups excluding carboxylic acids is 3. The molecule has 1 heterocycles. The predicted octanol–water partition coefficient (Wildman–Crippen LogP) is 5.05. The Morgan fingerprint density at radius 3 is 1.92 bits per heavy atom. The second kappa shape index (κ2) is 17.8. The Balaban J connectivity index is 1.97. The maximum absolute atomic E-state index is 13.9. The zero-order valence-electron chi connectivity index (χ0n) is 30.8. The van der Waals surface area contributed by atoms with Crippen molar-refractivity contribution in [2.24, 2.45) is 10.8 Å². The van der Waals surface area contributed by atoms with Crippen LogP contribution in [-0.4, -0.2) is 88.5 Å². The first-order chi connectivity index (χ1) is 23.9. The molecule has 12 heteroatoms. The summed E-state index contributed by atoms with van der Waals surface area (Å²) >= 11 is 0. The number of amides is 4. The van der Waals surface area contributed by atoms with Gasteiger partial charge in [0, 0.05) is 24.8 Å². The summed E-state index contributed by atoms with van der Waals surface area (Å²) in [4.78, 5) is 57.2. The van der Waals surface area contributed by atoms with Gasteiger partial charge in [-0.15, -0.1) is 0 Å². The van der Waals surface area contributed by atoms with E-state index in [9.17, 15) is 29.4 Å². The van der Waals surface area contributed by atoms with E-state index in [1.165, 1.54) is 14.2 Å². The standard InChI is InChI=1S/C39H53N5O7/c1-38(2,3)32(43-36(48)51-8)34(46)41-28(22-25-14-10-9-11-15-25)24-31(45)30(42-35(47)33(39(4,5)6)44(7)37(49)50)23-26-17-19-27(20-18-26)29-16-12-13-21-40-29/h9-21,28,30-33,45H,22-24H2,1-8H3,(H,41,46)(H,42,47)(H,43,48)(H,49,50)/t28-,30-,31-,32+,33+/m0/s1. The molecule has 0 radical (unpaired) electrons. The van der Waals surface area contributed by atoms with E-state index in [0.717, 1.165) is 27.3 Å². The third kappa shape index (κ3) is 12.1. The summed E-state index contributed by atoms with van der Waals surface area (Å²) < 4.78 is 4.77. The first kappa shape index (κ1) is 40.5. The van der Waals surface area contributed by atoms with E-state index in [-0.39, 0.29) is 12.8 Å². The maximum Gasteiger partial charge on any atom is 0.407 e. The number of aliphatic hydroxyl groups is 1. The lowest BCUT2D eigenvalue weighted by atomic mass is 9.84. The van der Waals surface area contributed by atoms with Crippen LogP contribution < -0.4 is 16.0 Å². The normalized spacial score (nSPS) is 14.6. The number of likely N-dealkylation sites (N-methyl/N-ethyl adjacent to an activating group) is 1. The minimum Gasteiger partial charge on any atom is -0.465 e. The SMILES string of the molecule is COC(=O)N[C@H](C(=O)N[C@@H](Cc1ccccc1)C[C@H](O)[C@H](Cc1ccc(-c2ccccn2)cc1)NC(=O)[C@@H](N(C)C(=O)O)C(C)(C)C)C(C)(C)C. The van der Waals surface area contributed by atoms with E-state index >= 15 is 0 Å². The lowest BCUT2D eigenvalue weighted by molar-refractivity contribution is -0.131. The molecule has 1 aromatic heterocycles. The zero-order chi connectivity index (χ0) is 37.9. The van der Waals surface area contributed by atoms with Crippen LogP contribution in [0.5, 0.6) is 0 Å². The van der Waals surface area contributed by atoms with Crippen molar-refractivity contribution < 1.29 is 34.1 Å². The van der Waals surface area contributed by atoms with E-state index in [2.05, 4.69) is 20.9 Å². The third-order valence-corrected chi connectivity index (χ3v) is 8.69. The molecule has 0 saturated heterocycles. The molecular weight excluding hydrogens is 650 g/mol. The molecule has 4 amide bonds. The van der Waals surface area contributed by atoms with Crippen molar-refractivity contribution in [3.63, 3.8) is 0 Å². The molecule has 0 bridgehead atoms. The van der Waals surface area contributed by atoms with Crippen LogP contribution >= 0.6 is 0 Å². The van der Waals surface area contributed by atoms with Gasteiger partial charge in [-0.3, -0.25) is 19.5 Å². The highest BCUT2D eigenvalue weighted by atomic mass is 16.5. The summed E-state index contributed by atoms with van der Waals surface area (Å²) in [6.45, 7) is 10.8. The Bertz CT molecular complexity index is 1590. The first-order valence-corrected chi connectivity index (χ1v) is 17.0. The molecule has 12 nitrogen and oxygen atoms in total. The van der Waals surface area contributed by atoms with Crippen LogP contribution in [0, 0.1) is 10.8 Å². The maximum atomic E-state index is 13.9. The van der Waals surface area contributed by atoms with Crippen LogP contribution in [0.3, 0.4) is 0 Å². The van der Waals surface area contributed by atoms with Crippen LogP contribution in [0.15, 0.2) is 79.0 Å². The molecule has 2 aromatic carbocycles. The molecule has 5 atom stereocenters. The third-order valence-electron chi connectivity index (χ3n) is 8.69. The molecule has 0 fully saturated rings. The Kier molecular flexibility index (Phi) is 14.1. The summed E-state index contributed by atoms with van der Waals surface area (Å²) in [7, 11) is 2.57. The molecule has 51 heavy (non-hydrogen) atoms. The molecule has 276 valence electrons. The molecule has 0 unspecified atom stereocenters. The van der Waals surface area contributed by atoms with Gasteiger partial charge in [-0.1, -0.05) is 102 Å². The number of aliphatic hydroxyl groups excluding tert-OH is 1. The van der Waals surface area contributed by atoms with Crippen molar-refractivity contribution in [2.75, 3.05) is 14.2 Å². The summed E-state index contributed by atoms with van der Waals surface area (Å²) in [6.07, 6.45) is -0.885. The Hall–Kier alpha value is -4.97. The number of hydrogen-bond acceptors (Lipinski definition) is 7. The minimum absolute atomic E-state index is 0.0294. The number of alkyl carbamates (subject to hydrolysis) is 1. The van der Waals surface area contributed by atoms with Crippen LogP contribution in [0.4, 0.5) is 9.59 Å². The summed E-state index contributed by atoms with van der Waals surface area (Å²) in [6, 6.07) is 19.2. The van der Waals surface area contributed by atoms with Crippen LogP contribution in [-0.2, 0) is 27.2 Å². The van der Waals surface area contributed by atoms with Crippen LogP contribution in [0.25, 0.3) is 11.3 Å². The van der Waals surface area contributed by atoms with Gasteiger partial charge in [-0.2, -0.15) is 0 Å². The fraction of sp³-hybridized carbons (Fsp3) is 0.462. The summed E-state index contributed by atoms with van der Waals surface area (Å²) in [5, 5.41) is 30.4. The second-order valence-electron chi connectivity index (χ2n) is 15.0.